The first-order chi connectivity index (χ1) is 11.6. The zero-order chi connectivity index (χ0) is 17.1. The van der Waals surface area contributed by atoms with Crippen LogP contribution in [0.3, 0.4) is 0 Å². The normalized spacial score (nSPS) is 14.4. The third-order valence-electron chi connectivity index (χ3n) is 3.72. The number of ether oxygens (including phenoxy) is 1. The van der Waals surface area contributed by atoms with Gasteiger partial charge in [0, 0.05) is 29.8 Å². The summed E-state index contributed by atoms with van der Waals surface area (Å²) in [5.74, 6) is 0.467. The number of rotatable bonds is 5. The molecule has 1 amide bonds. The largest absolute Gasteiger partial charge is 0.425 e. The Bertz CT molecular complexity index is 844. The molecular formula is C17H17NO5S. The lowest BCUT2D eigenvalue weighted by Gasteiger charge is -2.13. The van der Waals surface area contributed by atoms with Crippen LogP contribution in [0.25, 0.3) is 11.0 Å². The van der Waals surface area contributed by atoms with Crippen molar-refractivity contribution in [2.45, 2.75) is 19.8 Å². The lowest BCUT2D eigenvalue weighted by Crippen LogP contribution is -2.32. The van der Waals surface area contributed by atoms with Gasteiger partial charge in [0.05, 0.1) is 0 Å². The number of thioether (sulfide) groups is 1. The van der Waals surface area contributed by atoms with E-state index in [9.17, 15) is 14.4 Å². The molecule has 0 aliphatic carbocycles. The fourth-order valence-electron chi connectivity index (χ4n) is 2.64. The first kappa shape index (κ1) is 16.6. The van der Waals surface area contributed by atoms with Gasteiger partial charge in [-0.15, -0.1) is 0 Å². The second-order valence-corrected chi connectivity index (χ2v) is 6.55. The van der Waals surface area contributed by atoms with Crippen molar-refractivity contribution in [3.8, 4) is 5.75 Å². The molecule has 0 saturated carbocycles. The van der Waals surface area contributed by atoms with E-state index in [4.69, 9.17) is 9.15 Å². The predicted molar refractivity (Wildman–Crippen MR) is 91.5 cm³/mol. The van der Waals surface area contributed by atoms with Crippen LogP contribution >= 0.6 is 11.8 Å². The maximum absolute atomic E-state index is 12.0. The summed E-state index contributed by atoms with van der Waals surface area (Å²) >= 11 is 1.19. The summed E-state index contributed by atoms with van der Waals surface area (Å²) in [6, 6.07) is 6.48. The maximum atomic E-state index is 12.0. The highest BCUT2D eigenvalue weighted by Gasteiger charge is 2.24. The van der Waals surface area contributed by atoms with E-state index in [1.807, 2.05) is 6.92 Å². The first-order valence-corrected chi connectivity index (χ1v) is 8.74. The van der Waals surface area contributed by atoms with E-state index in [-0.39, 0.29) is 11.8 Å². The van der Waals surface area contributed by atoms with Crippen LogP contribution < -0.4 is 10.4 Å². The number of carbonyl (C=O) groups excluding carboxylic acids is 2. The SMILES string of the molecule is CCCc1cc(=O)oc2cc(OC(=O)CN3CCSC3=O)ccc12. The molecule has 126 valence electrons. The van der Waals surface area contributed by atoms with Crippen LogP contribution in [-0.2, 0) is 11.2 Å². The fourth-order valence-corrected chi connectivity index (χ4v) is 3.46. The molecule has 0 radical (unpaired) electrons. The molecule has 6 nitrogen and oxygen atoms in total. The van der Waals surface area contributed by atoms with E-state index in [2.05, 4.69) is 0 Å². The highest BCUT2D eigenvalue weighted by molar-refractivity contribution is 8.13. The highest BCUT2D eigenvalue weighted by atomic mass is 32.2. The van der Waals surface area contributed by atoms with Crippen molar-refractivity contribution < 1.29 is 18.7 Å². The second kappa shape index (κ2) is 7.09. The third kappa shape index (κ3) is 3.62. The molecule has 2 aromatic rings. The molecule has 1 fully saturated rings. The number of fused-ring (bicyclic) bond motifs is 1. The zero-order valence-electron chi connectivity index (χ0n) is 13.2. The number of hydrogen-bond acceptors (Lipinski definition) is 6. The standard InChI is InChI=1S/C17H17NO5S/c1-2-3-11-8-15(19)23-14-9-12(4-5-13(11)14)22-16(20)10-18-6-7-24-17(18)21/h4-5,8-9H,2-3,6-7,10H2,1H3. The summed E-state index contributed by atoms with van der Waals surface area (Å²) in [5.41, 5.74) is 0.888. The van der Waals surface area contributed by atoms with Gasteiger partial charge >= 0.3 is 11.6 Å². The number of carbonyl (C=O) groups is 2. The molecule has 0 unspecified atom stereocenters. The lowest BCUT2D eigenvalue weighted by molar-refractivity contribution is -0.134. The number of nitrogens with zero attached hydrogens (tertiary/aromatic N) is 1. The van der Waals surface area contributed by atoms with Crippen LogP contribution in [0, 0.1) is 0 Å². The molecule has 1 saturated heterocycles. The van der Waals surface area contributed by atoms with Gasteiger partial charge in [0.2, 0.25) is 0 Å². The molecule has 1 aromatic carbocycles. The van der Waals surface area contributed by atoms with Crippen molar-refractivity contribution in [3.63, 3.8) is 0 Å². The van der Waals surface area contributed by atoms with E-state index >= 15 is 0 Å². The van der Waals surface area contributed by atoms with E-state index in [1.165, 1.54) is 28.8 Å². The summed E-state index contributed by atoms with van der Waals surface area (Å²) in [7, 11) is 0. The predicted octanol–water partition coefficient (Wildman–Crippen LogP) is 2.82. The minimum Gasteiger partial charge on any atom is -0.425 e. The van der Waals surface area contributed by atoms with Gasteiger partial charge in [0.25, 0.3) is 5.24 Å². The average Bonchev–Trinajstić information content (AvgIpc) is 2.92. The van der Waals surface area contributed by atoms with Gasteiger partial charge in [-0.2, -0.15) is 0 Å². The van der Waals surface area contributed by atoms with E-state index in [0.29, 0.717) is 23.6 Å². The minimum atomic E-state index is -0.516. The molecule has 7 heteroatoms. The minimum absolute atomic E-state index is 0.0797. The van der Waals surface area contributed by atoms with Gasteiger partial charge in [-0.05, 0) is 24.1 Å². The van der Waals surface area contributed by atoms with Crippen LogP contribution in [0.1, 0.15) is 18.9 Å². The van der Waals surface area contributed by atoms with Crippen molar-refractivity contribution in [3.05, 3.63) is 40.2 Å². The van der Waals surface area contributed by atoms with E-state index in [1.54, 1.807) is 12.1 Å². The molecule has 0 spiro atoms. The van der Waals surface area contributed by atoms with Crippen molar-refractivity contribution in [1.29, 1.82) is 0 Å². The van der Waals surface area contributed by atoms with Crippen LogP contribution in [0.15, 0.2) is 33.5 Å². The number of hydrogen-bond donors (Lipinski definition) is 0. The molecule has 0 atom stereocenters. The summed E-state index contributed by atoms with van der Waals surface area (Å²) in [5, 5.41) is 0.725. The maximum Gasteiger partial charge on any atom is 0.336 e. The van der Waals surface area contributed by atoms with Crippen LogP contribution in [0.4, 0.5) is 4.79 Å². The lowest BCUT2D eigenvalue weighted by atomic mass is 10.1. The molecule has 2 heterocycles. The quantitative estimate of drug-likeness (QED) is 0.470. The Balaban J connectivity index is 1.79. The summed E-state index contributed by atoms with van der Waals surface area (Å²) < 4.78 is 10.5. The molecule has 0 N–H and O–H groups in total. The zero-order valence-corrected chi connectivity index (χ0v) is 14.1. The number of benzene rings is 1. The summed E-state index contributed by atoms with van der Waals surface area (Å²) in [6.07, 6.45) is 1.69. The van der Waals surface area contributed by atoms with Gasteiger partial charge in [-0.3, -0.25) is 4.79 Å². The Kier molecular flexibility index (Phi) is 4.89. The smallest absolute Gasteiger partial charge is 0.336 e. The third-order valence-corrected chi connectivity index (χ3v) is 4.61. The number of esters is 1. The van der Waals surface area contributed by atoms with E-state index in [0.717, 1.165) is 23.8 Å². The number of amides is 1. The van der Waals surface area contributed by atoms with Crippen LogP contribution in [-0.4, -0.2) is 35.0 Å². The summed E-state index contributed by atoms with van der Waals surface area (Å²) in [4.78, 5) is 36.6. The molecule has 24 heavy (non-hydrogen) atoms. The van der Waals surface area contributed by atoms with Crippen molar-refractivity contribution in [1.82, 2.24) is 4.90 Å². The second-order valence-electron chi connectivity index (χ2n) is 5.51. The van der Waals surface area contributed by atoms with Gasteiger partial charge < -0.3 is 14.1 Å². The van der Waals surface area contributed by atoms with Crippen molar-refractivity contribution >= 4 is 33.9 Å². The Morgan fingerprint density at radius 3 is 2.88 bits per heavy atom. The average molecular weight is 347 g/mol. The Hall–Kier alpha value is -2.28. The van der Waals surface area contributed by atoms with Gasteiger partial charge in [-0.1, -0.05) is 25.1 Å². The van der Waals surface area contributed by atoms with E-state index < -0.39 is 11.6 Å². The first-order valence-electron chi connectivity index (χ1n) is 7.76. The molecule has 1 aromatic heterocycles. The Labute approximate surface area is 142 Å². The van der Waals surface area contributed by atoms with Crippen LogP contribution in [0.2, 0.25) is 0 Å². The van der Waals surface area contributed by atoms with Gasteiger partial charge in [-0.25, -0.2) is 9.59 Å². The van der Waals surface area contributed by atoms with Gasteiger partial charge in [0.15, 0.2) is 0 Å². The highest BCUT2D eigenvalue weighted by Crippen LogP contribution is 2.24. The van der Waals surface area contributed by atoms with Crippen molar-refractivity contribution in [2.75, 3.05) is 18.8 Å². The molecule has 0 bridgehead atoms. The summed E-state index contributed by atoms with van der Waals surface area (Å²) in [6.45, 7) is 2.50. The molecule has 1 aliphatic rings. The molecule has 1 aliphatic heterocycles. The molecule has 3 rings (SSSR count). The molecular weight excluding hydrogens is 330 g/mol. The van der Waals surface area contributed by atoms with Crippen LogP contribution in [0.5, 0.6) is 5.75 Å². The Morgan fingerprint density at radius 2 is 2.17 bits per heavy atom. The van der Waals surface area contributed by atoms with Crippen molar-refractivity contribution in [2.24, 2.45) is 0 Å². The van der Waals surface area contributed by atoms with Gasteiger partial charge in [0.1, 0.15) is 17.9 Å². The Morgan fingerprint density at radius 1 is 1.33 bits per heavy atom. The topological polar surface area (TPSA) is 76.8 Å². The fraction of sp³-hybridized carbons (Fsp3) is 0.353. The number of aryl methyl sites for hydroxylation is 1. The monoisotopic (exact) mass is 347 g/mol.